The summed E-state index contributed by atoms with van der Waals surface area (Å²) in [7, 11) is 1.64. The molecule has 0 bridgehead atoms. The van der Waals surface area contributed by atoms with E-state index in [9.17, 15) is 9.59 Å². The molecular formula is C26H28N2O3. The fraction of sp³-hybridized carbons (Fsp3) is 0.308. The van der Waals surface area contributed by atoms with E-state index in [0.29, 0.717) is 6.54 Å². The highest BCUT2D eigenvalue weighted by Gasteiger charge is 2.32. The molecule has 1 heterocycles. The van der Waals surface area contributed by atoms with Crippen molar-refractivity contribution in [3.05, 3.63) is 77.9 Å². The number of nitrogens with one attached hydrogen (secondary N) is 1. The van der Waals surface area contributed by atoms with Crippen LogP contribution in [0.5, 0.6) is 5.75 Å². The quantitative estimate of drug-likeness (QED) is 0.653. The number of amides is 2. The summed E-state index contributed by atoms with van der Waals surface area (Å²) in [6, 6.07) is 21.3. The maximum atomic E-state index is 13.1. The topological polar surface area (TPSA) is 58.6 Å². The fourth-order valence-electron chi connectivity index (χ4n) is 4.43. The molecule has 31 heavy (non-hydrogen) atoms. The molecule has 3 aromatic carbocycles. The van der Waals surface area contributed by atoms with Crippen LogP contribution in [0.2, 0.25) is 0 Å². The van der Waals surface area contributed by atoms with Crippen molar-refractivity contribution in [2.24, 2.45) is 0 Å². The Labute approximate surface area is 183 Å². The van der Waals surface area contributed by atoms with Crippen molar-refractivity contribution < 1.29 is 14.3 Å². The summed E-state index contributed by atoms with van der Waals surface area (Å²) < 4.78 is 5.24. The lowest BCUT2D eigenvalue weighted by atomic mass is 10.0. The van der Waals surface area contributed by atoms with Crippen molar-refractivity contribution in [1.82, 2.24) is 10.2 Å². The molecule has 5 heteroatoms. The average molecular weight is 417 g/mol. The lowest BCUT2D eigenvalue weighted by Crippen LogP contribution is -2.47. The average Bonchev–Trinajstić information content (AvgIpc) is 3.28. The van der Waals surface area contributed by atoms with Crippen molar-refractivity contribution >= 4 is 22.6 Å². The van der Waals surface area contributed by atoms with Crippen LogP contribution >= 0.6 is 0 Å². The number of ether oxygens (including phenoxy) is 1. The fourth-order valence-corrected chi connectivity index (χ4v) is 4.43. The maximum absolute atomic E-state index is 13.1. The minimum absolute atomic E-state index is 0.0374. The van der Waals surface area contributed by atoms with Gasteiger partial charge < -0.3 is 15.0 Å². The van der Waals surface area contributed by atoms with Crippen LogP contribution < -0.4 is 10.1 Å². The van der Waals surface area contributed by atoms with E-state index in [1.807, 2.05) is 71.6 Å². The second-order valence-electron chi connectivity index (χ2n) is 8.07. The van der Waals surface area contributed by atoms with E-state index in [1.165, 1.54) is 0 Å². The summed E-state index contributed by atoms with van der Waals surface area (Å²) in [5.74, 6) is 0.621. The van der Waals surface area contributed by atoms with Crippen LogP contribution in [0.1, 0.15) is 36.9 Å². The number of carbonyl (C=O) groups is 2. The molecule has 3 aromatic rings. The number of carbonyl (C=O) groups excluding carboxylic acids is 2. The smallest absolute Gasteiger partial charge is 0.245 e. The molecule has 1 saturated heterocycles. The summed E-state index contributed by atoms with van der Waals surface area (Å²) in [4.78, 5) is 27.7. The third-order valence-corrected chi connectivity index (χ3v) is 6.02. The lowest BCUT2D eigenvalue weighted by Gasteiger charge is -2.28. The van der Waals surface area contributed by atoms with Crippen LogP contribution in [0.25, 0.3) is 10.8 Å². The Morgan fingerprint density at radius 1 is 1.06 bits per heavy atom. The largest absolute Gasteiger partial charge is 0.497 e. The van der Waals surface area contributed by atoms with Gasteiger partial charge in [-0.05, 0) is 53.8 Å². The van der Waals surface area contributed by atoms with Gasteiger partial charge in [-0.3, -0.25) is 9.59 Å². The van der Waals surface area contributed by atoms with E-state index < -0.39 is 6.04 Å². The third-order valence-electron chi connectivity index (χ3n) is 6.02. The first kappa shape index (κ1) is 20.9. The summed E-state index contributed by atoms with van der Waals surface area (Å²) in [6.45, 7) is 2.48. The first-order valence-electron chi connectivity index (χ1n) is 10.8. The zero-order valence-electron chi connectivity index (χ0n) is 18.0. The highest BCUT2D eigenvalue weighted by molar-refractivity contribution is 5.92. The van der Waals surface area contributed by atoms with Gasteiger partial charge in [-0.2, -0.15) is 0 Å². The molecule has 0 radical (unpaired) electrons. The van der Waals surface area contributed by atoms with Crippen LogP contribution in [0, 0.1) is 0 Å². The van der Waals surface area contributed by atoms with Crippen LogP contribution in [0.3, 0.4) is 0 Å². The Morgan fingerprint density at radius 3 is 2.58 bits per heavy atom. The lowest BCUT2D eigenvalue weighted by molar-refractivity contribution is -0.136. The number of hydrogen-bond donors (Lipinski definition) is 1. The number of rotatable bonds is 6. The van der Waals surface area contributed by atoms with E-state index in [1.54, 1.807) is 14.0 Å². The van der Waals surface area contributed by atoms with Gasteiger partial charge in [0, 0.05) is 6.54 Å². The second kappa shape index (κ2) is 9.21. The van der Waals surface area contributed by atoms with Crippen LogP contribution in [-0.4, -0.2) is 36.4 Å². The number of methoxy groups -OCH3 is 1. The first-order valence-corrected chi connectivity index (χ1v) is 10.8. The normalized spacial score (nSPS) is 16.8. The first-order chi connectivity index (χ1) is 15.1. The molecule has 1 N–H and O–H groups in total. The van der Waals surface area contributed by atoms with Gasteiger partial charge in [0.25, 0.3) is 0 Å². The van der Waals surface area contributed by atoms with Gasteiger partial charge >= 0.3 is 0 Å². The van der Waals surface area contributed by atoms with Crippen molar-refractivity contribution in [3.63, 3.8) is 0 Å². The molecule has 5 nitrogen and oxygen atoms in total. The van der Waals surface area contributed by atoms with Gasteiger partial charge in [0.15, 0.2) is 0 Å². The molecule has 0 aromatic heterocycles. The van der Waals surface area contributed by atoms with Crippen LogP contribution in [-0.2, 0) is 16.0 Å². The minimum Gasteiger partial charge on any atom is -0.497 e. The van der Waals surface area contributed by atoms with Crippen molar-refractivity contribution in [1.29, 1.82) is 0 Å². The van der Waals surface area contributed by atoms with Gasteiger partial charge in [-0.15, -0.1) is 0 Å². The van der Waals surface area contributed by atoms with Gasteiger partial charge in [0.05, 0.1) is 19.6 Å². The molecule has 0 aliphatic carbocycles. The van der Waals surface area contributed by atoms with Crippen LogP contribution in [0.4, 0.5) is 0 Å². The van der Waals surface area contributed by atoms with Crippen molar-refractivity contribution in [2.45, 2.75) is 38.3 Å². The summed E-state index contributed by atoms with van der Waals surface area (Å²) in [5.41, 5.74) is 2.06. The van der Waals surface area contributed by atoms with Gasteiger partial charge in [0.2, 0.25) is 11.8 Å². The molecule has 0 saturated carbocycles. The molecule has 160 valence electrons. The van der Waals surface area contributed by atoms with E-state index >= 15 is 0 Å². The van der Waals surface area contributed by atoms with Gasteiger partial charge in [0.1, 0.15) is 11.8 Å². The summed E-state index contributed by atoms with van der Waals surface area (Å²) in [6.07, 6.45) is 2.13. The van der Waals surface area contributed by atoms with Gasteiger partial charge in [-0.1, -0.05) is 54.6 Å². The predicted molar refractivity (Wildman–Crippen MR) is 122 cm³/mol. The van der Waals surface area contributed by atoms with Crippen molar-refractivity contribution in [3.8, 4) is 5.75 Å². The number of nitrogens with zero attached hydrogens (tertiary/aromatic N) is 1. The Balaban J connectivity index is 1.41. The Bertz CT molecular complexity index is 1070. The van der Waals surface area contributed by atoms with E-state index in [2.05, 4.69) is 5.32 Å². The van der Waals surface area contributed by atoms with Crippen LogP contribution in [0.15, 0.2) is 66.7 Å². The molecule has 2 unspecified atom stereocenters. The maximum Gasteiger partial charge on any atom is 0.245 e. The summed E-state index contributed by atoms with van der Waals surface area (Å²) in [5, 5.41) is 5.09. The monoisotopic (exact) mass is 416 g/mol. The highest BCUT2D eigenvalue weighted by atomic mass is 16.5. The van der Waals surface area contributed by atoms with E-state index in [4.69, 9.17) is 4.74 Å². The third kappa shape index (κ3) is 4.55. The Hall–Kier alpha value is -3.34. The minimum atomic E-state index is -0.568. The SMILES string of the molecule is COc1ccc(C2CCCN2C(=O)C(C)NC(=O)Cc2cccc3ccccc23)cc1. The molecule has 1 aliphatic heterocycles. The molecular weight excluding hydrogens is 388 g/mol. The predicted octanol–water partition coefficient (Wildman–Crippen LogP) is 4.26. The van der Waals surface area contributed by atoms with E-state index in [0.717, 1.165) is 40.5 Å². The standard InChI is InChI=1S/C26H28N2O3/c1-18(27-25(29)17-21-9-5-8-19-7-3-4-10-23(19)21)26(30)28-16-6-11-24(28)20-12-14-22(31-2)15-13-20/h3-5,7-10,12-15,18,24H,6,11,16-17H2,1-2H3,(H,27,29). The zero-order valence-corrected chi connectivity index (χ0v) is 18.0. The highest BCUT2D eigenvalue weighted by Crippen LogP contribution is 2.33. The number of hydrogen-bond acceptors (Lipinski definition) is 3. The number of benzene rings is 3. The van der Waals surface area contributed by atoms with E-state index in [-0.39, 0.29) is 24.3 Å². The zero-order chi connectivity index (χ0) is 21.8. The Morgan fingerprint density at radius 2 is 1.81 bits per heavy atom. The van der Waals surface area contributed by atoms with Gasteiger partial charge in [-0.25, -0.2) is 0 Å². The molecule has 0 spiro atoms. The second-order valence-corrected chi connectivity index (χ2v) is 8.07. The summed E-state index contributed by atoms with van der Waals surface area (Å²) >= 11 is 0. The molecule has 1 aliphatic rings. The Kier molecular flexibility index (Phi) is 6.21. The number of fused-ring (bicyclic) bond motifs is 1. The molecule has 2 atom stereocenters. The molecule has 1 fully saturated rings. The molecule has 4 rings (SSSR count). The molecule has 2 amide bonds. The van der Waals surface area contributed by atoms with Crippen molar-refractivity contribution in [2.75, 3.05) is 13.7 Å². The number of likely N-dealkylation sites (tertiary alicyclic amines) is 1.